The molecule has 2 fully saturated rings. The minimum atomic E-state index is -0.255. The van der Waals surface area contributed by atoms with Gasteiger partial charge in [-0.15, -0.1) is 0 Å². The van der Waals surface area contributed by atoms with Crippen LogP contribution in [0.1, 0.15) is 25.7 Å². The van der Waals surface area contributed by atoms with Gasteiger partial charge in [-0.3, -0.25) is 9.59 Å². The Morgan fingerprint density at radius 1 is 1.18 bits per heavy atom. The highest BCUT2D eigenvalue weighted by Gasteiger charge is 2.38. The second-order valence-corrected chi connectivity index (χ2v) is 7.89. The standard InChI is InChI=1S/C21H29N3O4/c1-22-7-4-15-5-8-23(9-6-15)21(26)16-12-20(25)24(14-16)17-2-3-18-19(13-17)28-11-10-27-18/h2-3,13,15-16,22H,4-12,14H2,1H3. The summed E-state index contributed by atoms with van der Waals surface area (Å²) in [6, 6.07) is 5.54. The molecule has 0 bridgehead atoms. The number of nitrogens with zero attached hydrogens (tertiary/aromatic N) is 2. The van der Waals surface area contributed by atoms with Crippen LogP contribution in [0.2, 0.25) is 0 Å². The molecule has 0 aromatic heterocycles. The van der Waals surface area contributed by atoms with Crippen molar-refractivity contribution in [3.05, 3.63) is 18.2 Å². The summed E-state index contributed by atoms with van der Waals surface area (Å²) in [7, 11) is 1.98. The Morgan fingerprint density at radius 3 is 2.68 bits per heavy atom. The number of hydrogen-bond acceptors (Lipinski definition) is 5. The average Bonchev–Trinajstić information content (AvgIpc) is 3.13. The molecule has 4 rings (SSSR count). The van der Waals surface area contributed by atoms with Crippen molar-refractivity contribution in [2.75, 3.05) is 51.3 Å². The maximum absolute atomic E-state index is 13.0. The molecule has 1 N–H and O–H groups in total. The van der Waals surface area contributed by atoms with Crippen molar-refractivity contribution in [2.24, 2.45) is 11.8 Å². The van der Waals surface area contributed by atoms with E-state index in [1.807, 2.05) is 30.1 Å². The molecule has 0 aliphatic carbocycles. The van der Waals surface area contributed by atoms with E-state index in [1.165, 1.54) is 6.42 Å². The number of ether oxygens (including phenoxy) is 2. The van der Waals surface area contributed by atoms with Crippen LogP contribution in [-0.2, 0) is 9.59 Å². The summed E-state index contributed by atoms with van der Waals surface area (Å²) in [5.41, 5.74) is 0.773. The SMILES string of the molecule is CNCCC1CCN(C(=O)C2CC(=O)N(c3ccc4c(c3)OCCO4)C2)CC1. The Morgan fingerprint density at radius 2 is 1.93 bits per heavy atom. The van der Waals surface area contributed by atoms with Crippen LogP contribution in [0.15, 0.2) is 18.2 Å². The summed E-state index contributed by atoms with van der Waals surface area (Å²) < 4.78 is 11.2. The van der Waals surface area contributed by atoms with Gasteiger partial charge in [-0.1, -0.05) is 0 Å². The molecule has 0 spiro atoms. The van der Waals surface area contributed by atoms with Crippen molar-refractivity contribution in [2.45, 2.75) is 25.7 Å². The highest BCUT2D eigenvalue weighted by molar-refractivity contribution is 6.00. The van der Waals surface area contributed by atoms with Crippen LogP contribution < -0.4 is 19.7 Å². The molecule has 28 heavy (non-hydrogen) atoms. The summed E-state index contributed by atoms with van der Waals surface area (Å²) in [6.45, 7) is 4.13. The van der Waals surface area contributed by atoms with E-state index < -0.39 is 0 Å². The Labute approximate surface area is 166 Å². The molecular formula is C21H29N3O4. The number of piperidine rings is 1. The minimum Gasteiger partial charge on any atom is -0.486 e. The first kappa shape index (κ1) is 19.1. The molecule has 152 valence electrons. The lowest BCUT2D eigenvalue weighted by Crippen LogP contribution is -2.42. The zero-order valence-corrected chi connectivity index (χ0v) is 16.5. The molecule has 7 heteroatoms. The van der Waals surface area contributed by atoms with Crippen molar-refractivity contribution in [1.82, 2.24) is 10.2 Å². The van der Waals surface area contributed by atoms with Gasteiger partial charge in [-0.2, -0.15) is 0 Å². The van der Waals surface area contributed by atoms with E-state index in [1.54, 1.807) is 4.90 Å². The van der Waals surface area contributed by atoms with Crippen molar-refractivity contribution in [1.29, 1.82) is 0 Å². The molecule has 0 saturated carbocycles. The topological polar surface area (TPSA) is 71.1 Å². The van der Waals surface area contributed by atoms with Crippen LogP contribution in [0, 0.1) is 11.8 Å². The Bertz CT molecular complexity index is 730. The summed E-state index contributed by atoms with van der Waals surface area (Å²) >= 11 is 0. The molecule has 3 heterocycles. The normalized spacial score (nSPS) is 22.6. The lowest BCUT2D eigenvalue weighted by atomic mass is 9.92. The lowest BCUT2D eigenvalue weighted by Gasteiger charge is -2.33. The molecule has 1 aromatic rings. The number of likely N-dealkylation sites (tertiary alicyclic amines) is 1. The van der Waals surface area contributed by atoms with Crippen molar-refractivity contribution < 1.29 is 19.1 Å². The molecule has 2 amide bonds. The van der Waals surface area contributed by atoms with Gasteiger partial charge in [0.25, 0.3) is 0 Å². The van der Waals surface area contributed by atoms with Gasteiger partial charge < -0.3 is 24.6 Å². The first-order valence-electron chi connectivity index (χ1n) is 10.3. The van der Waals surface area contributed by atoms with E-state index in [4.69, 9.17) is 9.47 Å². The van der Waals surface area contributed by atoms with Gasteiger partial charge in [0.15, 0.2) is 11.5 Å². The highest BCUT2D eigenvalue weighted by atomic mass is 16.6. The second kappa shape index (κ2) is 8.39. The second-order valence-electron chi connectivity index (χ2n) is 7.89. The number of fused-ring (bicyclic) bond motifs is 1. The maximum atomic E-state index is 13.0. The summed E-state index contributed by atoms with van der Waals surface area (Å²) in [4.78, 5) is 29.2. The fourth-order valence-electron chi connectivity index (χ4n) is 4.37. The Balaban J connectivity index is 1.36. The van der Waals surface area contributed by atoms with E-state index in [0.717, 1.165) is 38.2 Å². The van der Waals surface area contributed by atoms with Gasteiger partial charge in [-0.25, -0.2) is 0 Å². The number of anilines is 1. The average molecular weight is 387 g/mol. The smallest absolute Gasteiger partial charge is 0.228 e. The molecule has 1 aromatic carbocycles. The van der Waals surface area contributed by atoms with Crippen LogP contribution in [0.5, 0.6) is 11.5 Å². The first-order chi connectivity index (χ1) is 13.7. The molecule has 0 radical (unpaired) electrons. The minimum absolute atomic E-state index is 0.000987. The van der Waals surface area contributed by atoms with E-state index in [-0.39, 0.29) is 24.2 Å². The number of benzene rings is 1. The van der Waals surface area contributed by atoms with Gasteiger partial charge in [0, 0.05) is 37.8 Å². The molecular weight excluding hydrogens is 358 g/mol. The van der Waals surface area contributed by atoms with Gasteiger partial charge >= 0.3 is 0 Å². The van der Waals surface area contributed by atoms with Crippen molar-refractivity contribution in [3.8, 4) is 11.5 Å². The molecule has 1 unspecified atom stereocenters. The number of carbonyl (C=O) groups is 2. The summed E-state index contributed by atoms with van der Waals surface area (Å²) in [6.07, 6.45) is 3.56. The zero-order chi connectivity index (χ0) is 19.5. The van der Waals surface area contributed by atoms with Gasteiger partial charge in [0.1, 0.15) is 13.2 Å². The van der Waals surface area contributed by atoms with Crippen LogP contribution in [0.25, 0.3) is 0 Å². The zero-order valence-electron chi connectivity index (χ0n) is 16.5. The lowest BCUT2D eigenvalue weighted by molar-refractivity contribution is -0.137. The molecule has 3 aliphatic rings. The quantitative estimate of drug-likeness (QED) is 0.832. The first-order valence-corrected chi connectivity index (χ1v) is 10.3. The predicted molar refractivity (Wildman–Crippen MR) is 106 cm³/mol. The molecule has 3 aliphatic heterocycles. The Kier molecular flexibility index (Phi) is 5.71. The van der Waals surface area contributed by atoms with Crippen LogP contribution in [0.3, 0.4) is 0 Å². The third-order valence-electron chi connectivity index (χ3n) is 6.04. The monoisotopic (exact) mass is 387 g/mol. The molecule has 2 saturated heterocycles. The third kappa shape index (κ3) is 3.94. The van der Waals surface area contributed by atoms with E-state index in [2.05, 4.69) is 5.32 Å². The number of amides is 2. The molecule has 1 atom stereocenters. The Hall–Kier alpha value is -2.28. The summed E-state index contributed by atoms with van der Waals surface area (Å²) in [5.74, 6) is 1.93. The van der Waals surface area contributed by atoms with Crippen LogP contribution in [0.4, 0.5) is 5.69 Å². The highest BCUT2D eigenvalue weighted by Crippen LogP contribution is 2.36. The van der Waals surface area contributed by atoms with Crippen LogP contribution >= 0.6 is 0 Å². The fraction of sp³-hybridized carbons (Fsp3) is 0.619. The molecule has 7 nitrogen and oxygen atoms in total. The van der Waals surface area contributed by atoms with Crippen LogP contribution in [-0.4, -0.2) is 63.2 Å². The summed E-state index contributed by atoms with van der Waals surface area (Å²) in [5, 5.41) is 3.20. The van der Waals surface area contributed by atoms with E-state index >= 15 is 0 Å². The predicted octanol–water partition coefficient (Wildman–Crippen LogP) is 1.66. The van der Waals surface area contributed by atoms with Crippen molar-refractivity contribution in [3.63, 3.8) is 0 Å². The van der Waals surface area contributed by atoms with Gasteiger partial charge in [-0.05, 0) is 50.9 Å². The van der Waals surface area contributed by atoms with E-state index in [9.17, 15) is 9.59 Å². The van der Waals surface area contributed by atoms with Gasteiger partial charge in [0.05, 0.1) is 5.92 Å². The number of rotatable bonds is 5. The van der Waals surface area contributed by atoms with Crippen molar-refractivity contribution >= 4 is 17.5 Å². The number of nitrogens with one attached hydrogen (secondary N) is 1. The van der Waals surface area contributed by atoms with Gasteiger partial charge in [0.2, 0.25) is 11.8 Å². The fourth-order valence-corrected chi connectivity index (χ4v) is 4.37. The van der Waals surface area contributed by atoms with E-state index in [0.29, 0.717) is 37.2 Å². The third-order valence-corrected chi connectivity index (χ3v) is 6.04. The number of hydrogen-bond donors (Lipinski definition) is 1. The number of carbonyl (C=O) groups excluding carboxylic acids is 2. The largest absolute Gasteiger partial charge is 0.486 e. The maximum Gasteiger partial charge on any atom is 0.228 e.